The van der Waals surface area contributed by atoms with E-state index in [4.69, 9.17) is 4.74 Å². The molecular formula is C19H30N4O2. The van der Waals surface area contributed by atoms with Crippen molar-refractivity contribution in [3.8, 4) is 5.75 Å². The Morgan fingerprint density at radius 2 is 1.92 bits per heavy atom. The summed E-state index contributed by atoms with van der Waals surface area (Å²) in [5.74, 6) is 1.43. The van der Waals surface area contributed by atoms with Crippen LogP contribution in [-0.4, -0.2) is 39.1 Å². The molecule has 6 nitrogen and oxygen atoms in total. The van der Waals surface area contributed by atoms with Crippen molar-refractivity contribution in [2.75, 3.05) is 27.2 Å². The molecule has 1 fully saturated rings. The fraction of sp³-hybridized carbons (Fsp3) is 0.579. The Balaban J connectivity index is 1.68. The van der Waals surface area contributed by atoms with Crippen molar-refractivity contribution in [3.63, 3.8) is 0 Å². The topological polar surface area (TPSA) is 74.8 Å². The summed E-state index contributed by atoms with van der Waals surface area (Å²) in [6.45, 7) is 3.85. The van der Waals surface area contributed by atoms with Crippen LogP contribution in [-0.2, 0) is 11.3 Å². The summed E-state index contributed by atoms with van der Waals surface area (Å²) in [5, 5.41) is 9.32. The number of aliphatic imine (C=N–C) groups is 1. The lowest BCUT2D eigenvalue weighted by atomic mass is 9.67. The van der Waals surface area contributed by atoms with E-state index >= 15 is 0 Å². The Bertz CT molecular complexity index is 574. The molecule has 1 amide bonds. The number of carbonyl (C=O) groups excluding carboxylic acids is 1. The second kappa shape index (κ2) is 9.30. The molecule has 1 saturated carbocycles. The predicted molar refractivity (Wildman–Crippen MR) is 101 cm³/mol. The van der Waals surface area contributed by atoms with Gasteiger partial charge in [0.05, 0.1) is 13.7 Å². The summed E-state index contributed by atoms with van der Waals surface area (Å²) in [6.07, 6.45) is 5.04. The van der Waals surface area contributed by atoms with Crippen LogP contribution in [0.15, 0.2) is 29.3 Å². The van der Waals surface area contributed by atoms with E-state index in [0.717, 1.165) is 17.9 Å². The van der Waals surface area contributed by atoms with Crippen LogP contribution in [0.1, 0.15) is 38.2 Å². The van der Waals surface area contributed by atoms with Crippen molar-refractivity contribution < 1.29 is 9.53 Å². The highest BCUT2D eigenvalue weighted by molar-refractivity contribution is 5.86. The molecule has 0 atom stereocenters. The number of hydrogen-bond acceptors (Lipinski definition) is 3. The number of methoxy groups -OCH3 is 1. The third-order valence-corrected chi connectivity index (χ3v) is 5.08. The molecule has 6 heteroatoms. The minimum Gasteiger partial charge on any atom is -0.497 e. The number of hydrogen-bond donors (Lipinski definition) is 3. The minimum absolute atomic E-state index is 0.0624. The van der Waals surface area contributed by atoms with Crippen LogP contribution in [0.25, 0.3) is 0 Å². The predicted octanol–water partition coefficient (Wildman–Crippen LogP) is 2.06. The van der Waals surface area contributed by atoms with Gasteiger partial charge in [-0.25, -0.2) is 0 Å². The number of benzene rings is 1. The summed E-state index contributed by atoms with van der Waals surface area (Å²) in [5.41, 5.74) is 1.44. The highest BCUT2D eigenvalue weighted by Gasteiger charge is 2.34. The number of nitrogens with one attached hydrogen (secondary N) is 3. The van der Waals surface area contributed by atoms with Crippen molar-refractivity contribution in [3.05, 3.63) is 29.8 Å². The number of amides is 1. The van der Waals surface area contributed by atoms with E-state index in [9.17, 15) is 4.79 Å². The number of nitrogens with zero attached hydrogens (tertiary/aromatic N) is 1. The normalized spacial score (nSPS) is 15.9. The quantitative estimate of drug-likeness (QED) is 0.497. The van der Waals surface area contributed by atoms with E-state index < -0.39 is 0 Å². The van der Waals surface area contributed by atoms with Crippen LogP contribution in [0, 0.1) is 5.41 Å². The van der Waals surface area contributed by atoms with Crippen molar-refractivity contribution in [2.45, 2.75) is 39.2 Å². The van der Waals surface area contributed by atoms with Gasteiger partial charge in [0.15, 0.2) is 5.96 Å². The molecule has 0 heterocycles. The van der Waals surface area contributed by atoms with Gasteiger partial charge in [-0.05, 0) is 42.4 Å². The largest absolute Gasteiger partial charge is 0.497 e. The maximum atomic E-state index is 12.0. The lowest BCUT2D eigenvalue weighted by molar-refractivity contribution is -0.120. The van der Waals surface area contributed by atoms with Crippen LogP contribution in [0.2, 0.25) is 0 Å². The molecule has 3 N–H and O–H groups in total. The molecule has 25 heavy (non-hydrogen) atoms. The molecule has 0 radical (unpaired) electrons. The highest BCUT2D eigenvalue weighted by Crippen LogP contribution is 2.42. The fourth-order valence-corrected chi connectivity index (χ4v) is 2.99. The monoisotopic (exact) mass is 346 g/mol. The first-order valence-electron chi connectivity index (χ1n) is 8.95. The van der Waals surface area contributed by atoms with E-state index in [1.165, 1.54) is 25.7 Å². The third kappa shape index (κ3) is 5.66. The van der Waals surface area contributed by atoms with Gasteiger partial charge in [0, 0.05) is 20.1 Å². The molecule has 0 unspecified atom stereocenters. The summed E-state index contributed by atoms with van der Waals surface area (Å²) < 4.78 is 5.12. The average molecular weight is 346 g/mol. The zero-order valence-corrected chi connectivity index (χ0v) is 15.5. The molecule has 0 saturated heterocycles. The van der Waals surface area contributed by atoms with E-state index in [1.54, 1.807) is 14.2 Å². The van der Waals surface area contributed by atoms with Gasteiger partial charge < -0.3 is 20.7 Å². The Morgan fingerprint density at radius 3 is 2.44 bits per heavy atom. The van der Waals surface area contributed by atoms with Gasteiger partial charge in [-0.15, -0.1) is 0 Å². The zero-order valence-electron chi connectivity index (χ0n) is 15.5. The second-order valence-electron chi connectivity index (χ2n) is 6.61. The molecule has 0 bridgehead atoms. The van der Waals surface area contributed by atoms with E-state index in [0.29, 0.717) is 17.9 Å². The zero-order chi connectivity index (χ0) is 18.1. The Labute approximate surface area is 150 Å². The fourth-order valence-electron chi connectivity index (χ4n) is 2.99. The first-order valence-corrected chi connectivity index (χ1v) is 8.95. The minimum atomic E-state index is -0.0624. The maximum Gasteiger partial charge on any atom is 0.239 e. The Kier molecular flexibility index (Phi) is 7.10. The smallest absolute Gasteiger partial charge is 0.239 e. The van der Waals surface area contributed by atoms with Crippen molar-refractivity contribution in [1.29, 1.82) is 0 Å². The first kappa shape index (κ1) is 19.1. The number of ether oxygens (including phenoxy) is 1. The van der Waals surface area contributed by atoms with Crippen LogP contribution >= 0.6 is 0 Å². The van der Waals surface area contributed by atoms with Gasteiger partial charge in [0.2, 0.25) is 5.91 Å². The molecule has 138 valence electrons. The van der Waals surface area contributed by atoms with Gasteiger partial charge in [-0.2, -0.15) is 0 Å². The van der Waals surface area contributed by atoms with E-state index in [1.807, 2.05) is 24.3 Å². The van der Waals surface area contributed by atoms with Crippen LogP contribution in [0.4, 0.5) is 0 Å². The van der Waals surface area contributed by atoms with Crippen LogP contribution in [0.5, 0.6) is 5.75 Å². The van der Waals surface area contributed by atoms with E-state index in [2.05, 4.69) is 27.9 Å². The lowest BCUT2D eigenvalue weighted by Gasteiger charge is -2.41. The summed E-state index contributed by atoms with van der Waals surface area (Å²) >= 11 is 0. The van der Waals surface area contributed by atoms with E-state index in [-0.39, 0.29) is 12.5 Å². The molecule has 2 rings (SSSR count). The molecule has 0 spiro atoms. The molecule has 0 aromatic heterocycles. The SMILES string of the molecule is CCC1(CNC(=NC)NCC(=O)NCc2ccc(OC)cc2)CCC1. The Morgan fingerprint density at radius 1 is 1.20 bits per heavy atom. The lowest BCUT2D eigenvalue weighted by Crippen LogP contribution is -2.48. The Hall–Kier alpha value is -2.24. The van der Waals surface area contributed by atoms with Gasteiger partial charge in [-0.1, -0.05) is 25.5 Å². The number of carbonyl (C=O) groups is 1. The van der Waals surface area contributed by atoms with Gasteiger partial charge in [-0.3, -0.25) is 9.79 Å². The first-order chi connectivity index (χ1) is 12.1. The standard InChI is InChI=1S/C19H30N4O2/c1-4-19(10-5-11-19)14-23-18(20-2)22-13-17(24)21-12-15-6-8-16(25-3)9-7-15/h6-9H,4-5,10-14H2,1-3H3,(H,21,24)(H2,20,22,23). The molecule has 1 aliphatic rings. The molecule has 1 aromatic carbocycles. The average Bonchev–Trinajstić information content (AvgIpc) is 2.62. The van der Waals surface area contributed by atoms with Gasteiger partial charge >= 0.3 is 0 Å². The third-order valence-electron chi connectivity index (χ3n) is 5.08. The molecular weight excluding hydrogens is 316 g/mol. The summed E-state index contributed by atoms with van der Waals surface area (Å²) in [7, 11) is 3.36. The van der Waals surface area contributed by atoms with Crippen LogP contribution < -0.4 is 20.7 Å². The van der Waals surface area contributed by atoms with Gasteiger partial charge in [0.25, 0.3) is 0 Å². The van der Waals surface area contributed by atoms with Crippen molar-refractivity contribution in [2.24, 2.45) is 10.4 Å². The van der Waals surface area contributed by atoms with Gasteiger partial charge in [0.1, 0.15) is 5.75 Å². The molecule has 0 aliphatic heterocycles. The second-order valence-corrected chi connectivity index (χ2v) is 6.61. The van der Waals surface area contributed by atoms with Crippen molar-refractivity contribution in [1.82, 2.24) is 16.0 Å². The van der Waals surface area contributed by atoms with Crippen LogP contribution in [0.3, 0.4) is 0 Å². The van der Waals surface area contributed by atoms with Crippen molar-refractivity contribution >= 4 is 11.9 Å². The highest BCUT2D eigenvalue weighted by atomic mass is 16.5. The molecule has 1 aromatic rings. The number of rotatable bonds is 8. The number of guanidine groups is 1. The maximum absolute atomic E-state index is 12.0. The summed E-state index contributed by atoms with van der Waals surface area (Å²) in [6, 6.07) is 7.65. The summed E-state index contributed by atoms with van der Waals surface area (Å²) in [4.78, 5) is 16.2. The molecule has 1 aliphatic carbocycles.